The summed E-state index contributed by atoms with van der Waals surface area (Å²) in [6.45, 7) is 0. The topological polar surface area (TPSA) is 62.2 Å². The molecule has 98 valence electrons. The van der Waals surface area contributed by atoms with Gasteiger partial charge in [-0.05, 0) is 18.2 Å². The summed E-state index contributed by atoms with van der Waals surface area (Å²) in [6, 6.07) is 3.83. The van der Waals surface area contributed by atoms with Crippen LogP contribution in [0.2, 0.25) is 0 Å². The fraction of sp³-hybridized carbons (Fsp3) is 0. The van der Waals surface area contributed by atoms with Gasteiger partial charge in [0, 0.05) is 18.0 Å². The number of benzene rings is 1. The van der Waals surface area contributed by atoms with E-state index in [0.717, 1.165) is 24.4 Å². The molecule has 0 aliphatic rings. The Morgan fingerprint density at radius 1 is 1.16 bits per heavy atom. The molecule has 7 heteroatoms. The second kappa shape index (κ2) is 4.97. The molecule has 0 amide bonds. The van der Waals surface area contributed by atoms with E-state index < -0.39 is 29.0 Å². The predicted octanol–water partition coefficient (Wildman–Crippen LogP) is 2.94. The lowest BCUT2D eigenvalue weighted by atomic mass is 10.2. The Kier molecular flexibility index (Phi) is 3.37. The number of hydrogen-bond donors (Lipinski definition) is 2. The van der Waals surface area contributed by atoms with Crippen LogP contribution in [-0.2, 0) is 0 Å². The quantitative estimate of drug-likeness (QED) is 0.898. The molecule has 4 nitrogen and oxygen atoms in total. The molecule has 0 aliphatic heterocycles. The number of carboxylic acid groups (broad SMARTS) is 1. The van der Waals surface area contributed by atoms with E-state index in [4.69, 9.17) is 5.11 Å². The summed E-state index contributed by atoms with van der Waals surface area (Å²) in [5.74, 6) is -5.07. The molecule has 1 aromatic carbocycles. The number of carbonyl (C=O) groups is 1. The Morgan fingerprint density at radius 3 is 2.53 bits per heavy atom. The molecule has 19 heavy (non-hydrogen) atoms. The first-order valence-electron chi connectivity index (χ1n) is 5.09. The molecule has 2 aromatic rings. The van der Waals surface area contributed by atoms with Gasteiger partial charge in [-0.3, -0.25) is 0 Å². The summed E-state index contributed by atoms with van der Waals surface area (Å²) in [5, 5.41) is 11.1. The second-order valence-corrected chi connectivity index (χ2v) is 3.58. The highest BCUT2D eigenvalue weighted by Gasteiger charge is 2.15. The average molecular weight is 268 g/mol. The van der Waals surface area contributed by atoms with Crippen LogP contribution in [0.3, 0.4) is 0 Å². The number of aromatic nitrogens is 1. The zero-order valence-corrected chi connectivity index (χ0v) is 9.32. The highest BCUT2D eigenvalue weighted by molar-refractivity contribution is 5.89. The Labute approximate surface area is 105 Å². The van der Waals surface area contributed by atoms with Crippen LogP contribution in [0.5, 0.6) is 0 Å². The van der Waals surface area contributed by atoms with Crippen LogP contribution in [-0.4, -0.2) is 16.1 Å². The number of halogens is 3. The second-order valence-electron chi connectivity index (χ2n) is 3.58. The molecule has 0 spiro atoms. The predicted molar refractivity (Wildman–Crippen MR) is 60.8 cm³/mol. The molecule has 2 N–H and O–H groups in total. The largest absolute Gasteiger partial charge is 0.478 e. The van der Waals surface area contributed by atoms with Crippen molar-refractivity contribution in [3.63, 3.8) is 0 Å². The van der Waals surface area contributed by atoms with Gasteiger partial charge in [-0.25, -0.2) is 22.9 Å². The number of carboxylic acids is 1. The van der Waals surface area contributed by atoms with Crippen molar-refractivity contribution in [2.45, 2.75) is 0 Å². The van der Waals surface area contributed by atoms with Crippen LogP contribution >= 0.6 is 0 Å². The van der Waals surface area contributed by atoms with Crippen LogP contribution in [0.4, 0.5) is 24.7 Å². The van der Waals surface area contributed by atoms with E-state index in [2.05, 4.69) is 10.3 Å². The number of hydrogen-bond acceptors (Lipinski definition) is 3. The molecule has 2 rings (SSSR count). The van der Waals surface area contributed by atoms with Gasteiger partial charge >= 0.3 is 5.97 Å². The molecular weight excluding hydrogens is 261 g/mol. The number of pyridine rings is 1. The van der Waals surface area contributed by atoms with Crippen molar-refractivity contribution in [3.8, 4) is 0 Å². The van der Waals surface area contributed by atoms with Gasteiger partial charge in [-0.2, -0.15) is 0 Å². The maximum Gasteiger partial charge on any atom is 0.338 e. The van der Waals surface area contributed by atoms with Crippen LogP contribution in [0.15, 0.2) is 30.5 Å². The van der Waals surface area contributed by atoms with E-state index in [1.807, 2.05) is 0 Å². The van der Waals surface area contributed by atoms with Crippen molar-refractivity contribution in [1.82, 2.24) is 4.98 Å². The lowest BCUT2D eigenvalue weighted by Gasteiger charge is -2.08. The summed E-state index contributed by atoms with van der Waals surface area (Å²) in [4.78, 5) is 14.3. The third-order valence-corrected chi connectivity index (χ3v) is 2.30. The van der Waals surface area contributed by atoms with Crippen molar-refractivity contribution in [2.75, 3.05) is 5.32 Å². The fourth-order valence-corrected chi connectivity index (χ4v) is 1.41. The first-order chi connectivity index (χ1) is 8.99. The SMILES string of the molecule is O=C(O)c1ccnc(Nc2ccc(F)c(F)c2)c1F. The summed E-state index contributed by atoms with van der Waals surface area (Å²) in [7, 11) is 0. The first kappa shape index (κ1) is 12.9. The normalized spacial score (nSPS) is 10.3. The van der Waals surface area contributed by atoms with Gasteiger partial charge in [0.1, 0.15) is 5.56 Å². The zero-order chi connectivity index (χ0) is 14.0. The molecule has 0 atom stereocenters. The Balaban J connectivity index is 2.35. The van der Waals surface area contributed by atoms with E-state index in [0.29, 0.717) is 0 Å². The molecule has 0 saturated carbocycles. The summed E-state index contributed by atoms with van der Waals surface area (Å²) >= 11 is 0. The van der Waals surface area contributed by atoms with E-state index in [-0.39, 0.29) is 11.5 Å². The fourth-order valence-electron chi connectivity index (χ4n) is 1.41. The molecule has 0 unspecified atom stereocenters. The number of nitrogens with zero attached hydrogens (tertiary/aromatic N) is 1. The smallest absolute Gasteiger partial charge is 0.338 e. The van der Waals surface area contributed by atoms with Crippen LogP contribution < -0.4 is 5.32 Å². The zero-order valence-electron chi connectivity index (χ0n) is 9.32. The molecule has 0 fully saturated rings. The molecule has 1 heterocycles. The average Bonchev–Trinajstić information content (AvgIpc) is 2.36. The van der Waals surface area contributed by atoms with Gasteiger partial charge in [-0.1, -0.05) is 0 Å². The highest BCUT2D eigenvalue weighted by atomic mass is 19.2. The van der Waals surface area contributed by atoms with Crippen LogP contribution in [0.1, 0.15) is 10.4 Å². The minimum atomic E-state index is -1.45. The molecule has 0 radical (unpaired) electrons. The molecule has 1 aromatic heterocycles. The van der Waals surface area contributed by atoms with E-state index in [1.165, 1.54) is 6.07 Å². The van der Waals surface area contributed by atoms with Crippen molar-refractivity contribution >= 4 is 17.5 Å². The van der Waals surface area contributed by atoms with Crippen molar-refractivity contribution in [1.29, 1.82) is 0 Å². The summed E-state index contributed by atoms with van der Waals surface area (Å²) in [5.41, 5.74) is -0.520. The monoisotopic (exact) mass is 268 g/mol. The maximum atomic E-state index is 13.7. The van der Waals surface area contributed by atoms with Gasteiger partial charge in [-0.15, -0.1) is 0 Å². The van der Waals surface area contributed by atoms with Gasteiger partial charge in [0.2, 0.25) is 0 Å². The first-order valence-corrected chi connectivity index (χ1v) is 5.09. The third-order valence-electron chi connectivity index (χ3n) is 2.30. The summed E-state index contributed by atoms with van der Waals surface area (Å²) < 4.78 is 39.4. The molecule has 0 bridgehead atoms. The highest BCUT2D eigenvalue weighted by Crippen LogP contribution is 2.21. The summed E-state index contributed by atoms with van der Waals surface area (Å²) in [6.07, 6.45) is 1.09. The standard InChI is InChI=1S/C12H7F3N2O2/c13-8-2-1-6(5-9(8)14)17-11-10(15)7(12(18)19)3-4-16-11/h1-5H,(H,16,17)(H,18,19). The van der Waals surface area contributed by atoms with E-state index in [1.54, 1.807) is 0 Å². The lowest BCUT2D eigenvalue weighted by molar-refractivity contribution is 0.0692. The van der Waals surface area contributed by atoms with Crippen LogP contribution in [0.25, 0.3) is 0 Å². The Hall–Kier alpha value is -2.57. The lowest BCUT2D eigenvalue weighted by Crippen LogP contribution is -2.05. The van der Waals surface area contributed by atoms with Crippen LogP contribution in [0, 0.1) is 17.5 Å². The molecular formula is C12H7F3N2O2. The molecule has 0 aliphatic carbocycles. The number of anilines is 2. The number of aromatic carboxylic acids is 1. The Morgan fingerprint density at radius 2 is 1.89 bits per heavy atom. The van der Waals surface area contributed by atoms with Crippen molar-refractivity contribution in [3.05, 3.63) is 53.5 Å². The van der Waals surface area contributed by atoms with E-state index >= 15 is 0 Å². The third kappa shape index (κ3) is 2.65. The van der Waals surface area contributed by atoms with Crippen molar-refractivity contribution < 1.29 is 23.1 Å². The minimum absolute atomic E-state index is 0.0489. The minimum Gasteiger partial charge on any atom is -0.478 e. The van der Waals surface area contributed by atoms with Gasteiger partial charge in [0.15, 0.2) is 23.3 Å². The maximum absolute atomic E-state index is 13.7. The van der Waals surface area contributed by atoms with E-state index in [9.17, 15) is 18.0 Å². The molecule has 0 saturated heterocycles. The number of nitrogens with one attached hydrogen (secondary N) is 1. The Bertz CT molecular complexity index is 647. The van der Waals surface area contributed by atoms with Gasteiger partial charge in [0.05, 0.1) is 0 Å². The van der Waals surface area contributed by atoms with Gasteiger partial charge in [0.25, 0.3) is 0 Å². The van der Waals surface area contributed by atoms with Crippen molar-refractivity contribution in [2.24, 2.45) is 0 Å². The number of rotatable bonds is 3. The van der Waals surface area contributed by atoms with Gasteiger partial charge < -0.3 is 10.4 Å².